The first-order chi connectivity index (χ1) is 13.8. The molecule has 28 heavy (non-hydrogen) atoms. The Balaban J connectivity index is 1.56. The summed E-state index contributed by atoms with van der Waals surface area (Å²) in [5.41, 5.74) is 1.19. The Morgan fingerprint density at radius 3 is 2.36 bits per heavy atom. The van der Waals surface area contributed by atoms with Crippen molar-refractivity contribution in [2.45, 2.75) is 13.0 Å². The Kier molecular flexibility index (Phi) is 7.70. The van der Waals surface area contributed by atoms with Gasteiger partial charge in [-0.2, -0.15) is 0 Å². The van der Waals surface area contributed by atoms with E-state index >= 15 is 0 Å². The lowest BCUT2D eigenvalue weighted by atomic mass is 10.0. The summed E-state index contributed by atoms with van der Waals surface area (Å²) in [6.45, 7) is 6.09. The van der Waals surface area contributed by atoms with Crippen molar-refractivity contribution in [3.63, 3.8) is 0 Å². The zero-order chi connectivity index (χ0) is 19.6. The highest BCUT2D eigenvalue weighted by atomic mass is 16.5. The highest BCUT2D eigenvalue weighted by Crippen LogP contribution is 2.26. The summed E-state index contributed by atoms with van der Waals surface area (Å²) >= 11 is 0. The van der Waals surface area contributed by atoms with Gasteiger partial charge in [0.05, 0.1) is 25.9 Å². The van der Waals surface area contributed by atoms with Crippen LogP contribution in [0.15, 0.2) is 54.6 Å². The van der Waals surface area contributed by atoms with Crippen LogP contribution in [0.4, 0.5) is 0 Å². The lowest BCUT2D eigenvalue weighted by Gasteiger charge is -2.34. The van der Waals surface area contributed by atoms with E-state index in [0.717, 1.165) is 13.1 Å². The molecule has 6 nitrogen and oxygen atoms in total. The van der Waals surface area contributed by atoms with Crippen LogP contribution in [0, 0.1) is 0 Å². The molecule has 6 heteroatoms. The molecule has 1 saturated heterocycles. The van der Waals surface area contributed by atoms with Crippen LogP contribution in [0.2, 0.25) is 0 Å². The lowest BCUT2D eigenvalue weighted by Crippen LogP contribution is -2.44. The first-order valence-corrected chi connectivity index (χ1v) is 9.76. The van der Waals surface area contributed by atoms with E-state index in [-0.39, 0.29) is 18.6 Å². The number of amides is 1. The fourth-order valence-corrected chi connectivity index (χ4v) is 3.27. The summed E-state index contributed by atoms with van der Waals surface area (Å²) in [5, 5.41) is 3.01. The summed E-state index contributed by atoms with van der Waals surface area (Å²) in [6.07, 6.45) is 0. The third-order valence-corrected chi connectivity index (χ3v) is 4.67. The van der Waals surface area contributed by atoms with Gasteiger partial charge in [-0.3, -0.25) is 9.69 Å². The van der Waals surface area contributed by atoms with Crippen LogP contribution in [0.25, 0.3) is 0 Å². The molecule has 2 aromatic rings. The third-order valence-electron chi connectivity index (χ3n) is 4.67. The zero-order valence-electron chi connectivity index (χ0n) is 16.3. The summed E-state index contributed by atoms with van der Waals surface area (Å²) in [4.78, 5) is 14.7. The number of morpholine rings is 1. The monoisotopic (exact) mass is 384 g/mol. The Morgan fingerprint density at radius 1 is 1.04 bits per heavy atom. The molecule has 0 saturated carbocycles. The number of para-hydroxylation sites is 2. The number of rotatable bonds is 9. The molecule has 1 aliphatic heterocycles. The van der Waals surface area contributed by atoms with Crippen LogP contribution in [0.5, 0.6) is 11.5 Å². The molecule has 1 fully saturated rings. The number of nitrogens with one attached hydrogen (secondary N) is 1. The van der Waals surface area contributed by atoms with E-state index in [4.69, 9.17) is 14.2 Å². The average Bonchev–Trinajstić information content (AvgIpc) is 2.75. The largest absolute Gasteiger partial charge is 0.490 e. The topological polar surface area (TPSA) is 60.0 Å². The van der Waals surface area contributed by atoms with Gasteiger partial charge in [-0.15, -0.1) is 0 Å². The van der Waals surface area contributed by atoms with Crippen molar-refractivity contribution in [3.05, 3.63) is 60.2 Å². The molecule has 3 rings (SSSR count). The van der Waals surface area contributed by atoms with Gasteiger partial charge in [-0.25, -0.2) is 0 Å². The van der Waals surface area contributed by atoms with Crippen LogP contribution in [-0.2, 0) is 9.53 Å². The fraction of sp³-hybridized carbons (Fsp3) is 0.409. The van der Waals surface area contributed by atoms with Crippen LogP contribution in [0.3, 0.4) is 0 Å². The van der Waals surface area contributed by atoms with Crippen molar-refractivity contribution >= 4 is 5.91 Å². The minimum atomic E-state index is -0.152. The summed E-state index contributed by atoms with van der Waals surface area (Å²) in [7, 11) is 0. The number of ether oxygens (including phenoxy) is 3. The Bertz CT molecular complexity index is 732. The van der Waals surface area contributed by atoms with E-state index in [0.29, 0.717) is 37.9 Å². The highest BCUT2D eigenvalue weighted by Gasteiger charge is 2.23. The second kappa shape index (κ2) is 10.7. The normalized spacial score (nSPS) is 15.6. The predicted molar refractivity (Wildman–Crippen MR) is 108 cm³/mol. The van der Waals surface area contributed by atoms with Gasteiger partial charge in [0.2, 0.25) is 0 Å². The molecule has 1 N–H and O–H groups in total. The Labute approximate surface area is 166 Å². The van der Waals surface area contributed by atoms with Crippen molar-refractivity contribution < 1.29 is 19.0 Å². The van der Waals surface area contributed by atoms with Crippen molar-refractivity contribution in [2.24, 2.45) is 0 Å². The smallest absolute Gasteiger partial charge is 0.258 e. The number of carbonyl (C=O) groups excluding carboxylic acids is 1. The average molecular weight is 384 g/mol. The van der Waals surface area contributed by atoms with Gasteiger partial charge < -0.3 is 19.5 Å². The maximum Gasteiger partial charge on any atom is 0.258 e. The van der Waals surface area contributed by atoms with Gasteiger partial charge >= 0.3 is 0 Å². The molecule has 1 unspecified atom stereocenters. The van der Waals surface area contributed by atoms with Crippen molar-refractivity contribution in [1.29, 1.82) is 0 Å². The molecule has 150 valence electrons. The van der Waals surface area contributed by atoms with Crippen LogP contribution >= 0.6 is 0 Å². The van der Waals surface area contributed by atoms with E-state index in [1.54, 1.807) is 6.07 Å². The zero-order valence-corrected chi connectivity index (χ0v) is 16.3. The Morgan fingerprint density at radius 2 is 1.68 bits per heavy atom. The summed E-state index contributed by atoms with van der Waals surface area (Å²) < 4.78 is 16.7. The quantitative estimate of drug-likeness (QED) is 0.720. The van der Waals surface area contributed by atoms with E-state index in [2.05, 4.69) is 22.3 Å². The number of hydrogen-bond acceptors (Lipinski definition) is 5. The first-order valence-electron chi connectivity index (χ1n) is 9.76. The molecule has 1 amide bonds. The minimum Gasteiger partial charge on any atom is -0.490 e. The van der Waals surface area contributed by atoms with Gasteiger partial charge in [0.15, 0.2) is 18.1 Å². The minimum absolute atomic E-state index is 0.0469. The van der Waals surface area contributed by atoms with E-state index in [1.165, 1.54) is 5.56 Å². The molecular weight excluding hydrogens is 356 g/mol. The molecule has 1 heterocycles. The number of carbonyl (C=O) groups is 1. The van der Waals surface area contributed by atoms with Crippen molar-refractivity contribution in [2.75, 3.05) is 46.1 Å². The SMILES string of the molecule is CCOc1ccccc1OCC(=O)NCC(c1ccccc1)N1CCOCC1. The fourth-order valence-electron chi connectivity index (χ4n) is 3.27. The molecule has 1 aliphatic rings. The second-order valence-corrected chi connectivity index (χ2v) is 6.55. The van der Waals surface area contributed by atoms with Crippen molar-refractivity contribution in [3.8, 4) is 11.5 Å². The van der Waals surface area contributed by atoms with Crippen LogP contribution < -0.4 is 14.8 Å². The van der Waals surface area contributed by atoms with Gasteiger partial charge in [-0.05, 0) is 24.6 Å². The predicted octanol–water partition coefficient (Wildman–Crippen LogP) is 2.65. The van der Waals surface area contributed by atoms with Gasteiger partial charge in [-0.1, -0.05) is 42.5 Å². The van der Waals surface area contributed by atoms with Crippen LogP contribution in [-0.4, -0.2) is 56.9 Å². The molecule has 0 spiro atoms. The molecular formula is C22H28N2O4. The second-order valence-electron chi connectivity index (χ2n) is 6.55. The summed E-state index contributed by atoms with van der Waals surface area (Å²) in [5.74, 6) is 1.07. The third kappa shape index (κ3) is 5.71. The molecule has 1 atom stereocenters. The number of nitrogens with zero attached hydrogens (tertiary/aromatic N) is 1. The van der Waals surface area contributed by atoms with Gasteiger partial charge in [0.1, 0.15) is 0 Å². The number of benzene rings is 2. The molecule has 0 radical (unpaired) electrons. The maximum absolute atomic E-state index is 12.4. The Hall–Kier alpha value is -2.57. The molecule has 2 aromatic carbocycles. The summed E-state index contributed by atoms with van der Waals surface area (Å²) in [6, 6.07) is 17.7. The van der Waals surface area contributed by atoms with Gasteiger partial charge in [0, 0.05) is 19.6 Å². The van der Waals surface area contributed by atoms with E-state index < -0.39 is 0 Å². The first kappa shape index (κ1) is 20.2. The molecule has 0 aliphatic carbocycles. The molecule has 0 bridgehead atoms. The van der Waals surface area contributed by atoms with Gasteiger partial charge in [0.25, 0.3) is 5.91 Å². The lowest BCUT2D eigenvalue weighted by molar-refractivity contribution is -0.123. The maximum atomic E-state index is 12.4. The van der Waals surface area contributed by atoms with E-state index in [9.17, 15) is 4.79 Å². The van der Waals surface area contributed by atoms with E-state index in [1.807, 2.05) is 43.3 Å². The highest BCUT2D eigenvalue weighted by molar-refractivity contribution is 5.77. The van der Waals surface area contributed by atoms with Crippen molar-refractivity contribution in [1.82, 2.24) is 10.2 Å². The standard InChI is InChI=1S/C22H28N2O4/c1-2-27-20-10-6-7-11-21(20)28-17-22(25)23-16-19(18-8-4-3-5-9-18)24-12-14-26-15-13-24/h3-11,19H,2,12-17H2,1H3,(H,23,25). The molecule has 0 aromatic heterocycles. The number of hydrogen-bond donors (Lipinski definition) is 1. The van der Waals surface area contributed by atoms with Crippen LogP contribution in [0.1, 0.15) is 18.5 Å².